The van der Waals surface area contributed by atoms with Crippen molar-refractivity contribution in [1.82, 2.24) is 16.1 Å². The molecule has 0 saturated carbocycles. The van der Waals surface area contributed by atoms with Gasteiger partial charge in [0.1, 0.15) is 0 Å². The minimum Gasteiger partial charge on any atom is -0.490 e. The lowest BCUT2D eigenvalue weighted by Gasteiger charge is -2.20. The summed E-state index contributed by atoms with van der Waals surface area (Å²) < 4.78 is 0. The summed E-state index contributed by atoms with van der Waals surface area (Å²) in [5.74, 6) is -1.01. The molecule has 0 radical (unpaired) electrons. The average Bonchev–Trinajstić information content (AvgIpc) is 2.07. The van der Waals surface area contributed by atoms with Crippen LogP contribution in [0.1, 0.15) is 0 Å². The molecule has 0 amide bonds. The van der Waals surface area contributed by atoms with Gasteiger partial charge < -0.3 is 10.2 Å². The van der Waals surface area contributed by atoms with Gasteiger partial charge >= 0.3 is 0 Å². The topological polar surface area (TPSA) is 92.5 Å². The van der Waals surface area contributed by atoms with Gasteiger partial charge in [0.2, 0.25) is 0 Å². The minimum atomic E-state index is -0.549. The summed E-state index contributed by atoms with van der Waals surface area (Å²) in [6.45, 7) is 3.92. The van der Waals surface area contributed by atoms with Gasteiger partial charge in [-0.05, 0) is 5.22 Å². The molecule has 0 fully saturated rings. The summed E-state index contributed by atoms with van der Waals surface area (Å²) in [5, 5.41) is 25.4. The molecule has 0 saturated heterocycles. The first-order chi connectivity index (χ1) is 5.74. The summed E-state index contributed by atoms with van der Waals surface area (Å²) in [6.07, 6.45) is 1.60. The van der Waals surface area contributed by atoms with Crippen molar-refractivity contribution >= 4 is 0 Å². The summed E-state index contributed by atoms with van der Waals surface area (Å²) in [7, 11) is 0. The zero-order chi connectivity index (χ0) is 8.97. The van der Waals surface area contributed by atoms with Crippen molar-refractivity contribution < 1.29 is 10.2 Å². The molecule has 7 heteroatoms. The van der Waals surface area contributed by atoms with Crippen LogP contribution in [-0.4, -0.2) is 22.0 Å². The Balaban J connectivity index is 2.45. The van der Waals surface area contributed by atoms with Crippen molar-refractivity contribution in [2.45, 2.75) is 0 Å². The van der Waals surface area contributed by atoms with Crippen LogP contribution >= 0.6 is 0 Å². The molecule has 1 aliphatic heterocycles. The highest BCUT2D eigenvalue weighted by Gasteiger charge is 2.12. The molecule has 7 nitrogen and oxygen atoms in total. The maximum atomic E-state index is 8.90. The van der Waals surface area contributed by atoms with Gasteiger partial charge in [0, 0.05) is 6.54 Å². The van der Waals surface area contributed by atoms with Gasteiger partial charge in [-0.15, -0.1) is 11.8 Å². The predicted octanol–water partition coefficient (Wildman–Crippen LogP) is 0.107. The number of aliphatic hydroxyl groups is 2. The van der Waals surface area contributed by atoms with Crippen molar-refractivity contribution in [2.24, 2.45) is 10.3 Å². The van der Waals surface area contributed by atoms with E-state index in [9.17, 15) is 0 Å². The summed E-state index contributed by atoms with van der Waals surface area (Å²) in [6, 6.07) is 0. The third kappa shape index (κ3) is 1.86. The van der Waals surface area contributed by atoms with Crippen molar-refractivity contribution in [3.05, 3.63) is 24.4 Å². The molecular formula is C5H9N5O2. The second kappa shape index (κ2) is 3.58. The Morgan fingerprint density at radius 3 is 3.00 bits per heavy atom. The van der Waals surface area contributed by atoms with E-state index < -0.39 is 11.8 Å². The number of hydrazine groups is 2. The minimum absolute atomic E-state index is 0.457. The first kappa shape index (κ1) is 8.34. The smallest absolute Gasteiger partial charge is 0.295 e. The number of nitrogens with one attached hydrogen (secondary N) is 2. The van der Waals surface area contributed by atoms with E-state index in [0.29, 0.717) is 6.54 Å². The van der Waals surface area contributed by atoms with Crippen LogP contribution in [0, 0.1) is 0 Å². The van der Waals surface area contributed by atoms with E-state index >= 15 is 0 Å². The molecule has 0 unspecified atom stereocenters. The van der Waals surface area contributed by atoms with Gasteiger partial charge in [-0.1, -0.05) is 11.2 Å². The molecule has 0 aromatic carbocycles. The number of nitrogens with zero attached hydrogens (tertiary/aromatic N) is 3. The second-order valence-corrected chi connectivity index (χ2v) is 1.94. The Hall–Kier alpha value is -1.76. The zero-order valence-electron chi connectivity index (χ0n) is 6.23. The molecular weight excluding hydrogens is 162 g/mol. The standard InChI is InChI=1S/C5H9N5O2/c1-2-3-6-10-8-5(12)4(11)7-9-10/h2,6,8,11-12H,1,3H2. The fourth-order valence-electron chi connectivity index (χ4n) is 0.529. The molecule has 0 aliphatic carbocycles. The van der Waals surface area contributed by atoms with Gasteiger partial charge in [0.15, 0.2) is 0 Å². The Morgan fingerprint density at radius 1 is 1.67 bits per heavy atom. The predicted molar refractivity (Wildman–Crippen MR) is 40.3 cm³/mol. The Bertz CT molecular complexity index is 236. The monoisotopic (exact) mass is 171 g/mol. The van der Waals surface area contributed by atoms with Crippen molar-refractivity contribution in [3.8, 4) is 0 Å². The first-order valence-corrected chi connectivity index (χ1v) is 3.19. The molecule has 1 heterocycles. The fourth-order valence-corrected chi connectivity index (χ4v) is 0.529. The first-order valence-electron chi connectivity index (χ1n) is 3.19. The van der Waals surface area contributed by atoms with Gasteiger partial charge in [-0.25, -0.2) is 5.43 Å². The highest BCUT2D eigenvalue weighted by atomic mass is 16.3. The molecule has 12 heavy (non-hydrogen) atoms. The van der Waals surface area contributed by atoms with Crippen LogP contribution in [0.15, 0.2) is 34.8 Å². The highest BCUT2D eigenvalue weighted by Crippen LogP contribution is 2.03. The number of aliphatic hydroxyl groups excluding tert-OH is 2. The molecule has 0 aromatic heterocycles. The van der Waals surface area contributed by atoms with E-state index in [2.05, 4.69) is 27.8 Å². The summed E-state index contributed by atoms with van der Waals surface area (Å²) in [5.41, 5.74) is 4.96. The lowest BCUT2D eigenvalue weighted by Crippen LogP contribution is -2.45. The van der Waals surface area contributed by atoms with Gasteiger partial charge in [-0.2, -0.15) is 5.43 Å². The third-order valence-corrected chi connectivity index (χ3v) is 1.04. The molecule has 4 N–H and O–H groups in total. The third-order valence-electron chi connectivity index (χ3n) is 1.04. The average molecular weight is 171 g/mol. The van der Waals surface area contributed by atoms with Gasteiger partial charge in [0.25, 0.3) is 11.8 Å². The van der Waals surface area contributed by atoms with Gasteiger partial charge in [-0.3, -0.25) is 0 Å². The molecule has 1 aliphatic rings. The quantitative estimate of drug-likeness (QED) is 0.452. The Morgan fingerprint density at radius 2 is 2.42 bits per heavy atom. The lowest BCUT2D eigenvalue weighted by molar-refractivity contribution is 0.0736. The van der Waals surface area contributed by atoms with Crippen LogP contribution in [-0.2, 0) is 0 Å². The van der Waals surface area contributed by atoms with E-state index in [1.54, 1.807) is 6.08 Å². The number of hydrogen-bond acceptors (Lipinski definition) is 7. The molecule has 66 valence electrons. The largest absolute Gasteiger partial charge is 0.490 e. The van der Waals surface area contributed by atoms with E-state index in [1.165, 1.54) is 0 Å². The van der Waals surface area contributed by atoms with Crippen molar-refractivity contribution in [1.29, 1.82) is 0 Å². The van der Waals surface area contributed by atoms with Gasteiger partial charge in [0.05, 0.1) is 0 Å². The van der Waals surface area contributed by atoms with Crippen LogP contribution in [0.3, 0.4) is 0 Å². The molecule has 1 rings (SSSR count). The fraction of sp³-hybridized carbons (Fsp3) is 0.200. The number of hydrogen-bond donors (Lipinski definition) is 4. The van der Waals surface area contributed by atoms with E-state index in [1.807, 2.05) is 0 Å². The molecule has 0 aromatic rings. The van der Waals surface area contributed by atoms with E-state index in [0.717, 1.165) is 5.23 Å². The highest BCUT2D eigenvalue weighted by molar-refractivity contribution is 4.93. The van der Waals surface area contributed by atoms with Crippen LogP contribution < -0.4 is 10.9 Å². The SMILES string of the molecule is C=CCNN1N=NC(O)=C(O)N1. The van der Waals surface area contributed by atoms with Crippen molar-refractivity contribution in [2.75, 3.05) is 6.54 Å². The maximum Gasteiger partial charge on any atom is 0.295 e. The zero-order valence-corrected chi connectivity index (χ0v) is 6.23. The normalized spacial score (nSPS) is 16.2. The summed E-state index contributed by atoms with van der Waals surface area (Å²) in [4.78, 5) is 0. The maximum absolute atomic E-state index is 8.90. The van der Waals surface area contributed by atoms with E-state index in [4.69, 9.17) is 10.2 Å². The second-order valence-electron chi connectivity index (χ2n) is 1.94. The molecule has 0 spiro atoms. The summed E-state index contributed by atoms with van der Waals surface area (Å²) >= 11 is 0. The number of rotatable bonds is 3. The molecule has 0 atom stereocenters. The van der Waals surface area contributed by atoms with Crippen LogP contribution in [0.4, 0.5) is 0 Å². The van der Waals surface area contributed by atoms with Crippen molar-refractivity contribution in [3.63, 3.8) is 0 Å². The Kier molecular flexibility index (Phi) is 2.49. The Labute approximate surface area is 68.6 Å². The van der Waals surface area contributed by atoms with Crippen LogP contribution in [0.2, 0.25) is 0 Å². The van der Waals surface area contributed by atoms with Crippen LogP contribution in [0.25, 0.3) is 0 Å². The lowest BCUT2D eigenvalue weighted by atomic mass is 10.7. The van der Waals surface area contributed by atoms with Crippen LogP contribution in [0.5, 0.6) is 0 Å². The van der Waals surface area contributed by atoms with E-state index in [-0.39, 0.29) is 0 Å². The molecule has 0 bridgehead atoms.